The standard InChI is InChI=1S/C25H30N2O4/c1-25-8-5-16-17-13-23(30-2)22(28)12-19(17)21(11-18(16)20(25)3-4-24(25)29)27-31-14-15-6-9-26-10-7-15/h6-7,9-13,16,18,20,24,27-29H,3-5,8,14H2,1-2H3/t16-,18-,20+,24-,25+/m1/s1. The molecule has 0 amide bonds. The summed E-state index contributed by atoms with van der Waals surface area (Å²) in [4.78, 5) is 9.88. The van der Waals surface area contributed by atoms with Gasteiger partial charge >= 0.3 is 0 Å². The lowest BCUT2D eigenvalue weighted by Gasteiger charge is -2.49. The first-order valence-electron chi connectivity index (χ1n) is 11.1. The van der Waals surface area contributed by atoms with Gasteiger partial charge in [-0.1, -0.05) is 13.0 Å². The number of nitrogens with one attached hydrogen (secondary N) is 1. The van der Waals surface area contributed by atoms with Crippen molar-refractivity contribution in [1.29, 1.82) is 0 Å². The van der Waals surface area contributed by atoms with E-state index in [2.05, 4.69) is 23.5 Å². The molecule has 1 aromatic heterocycles. The molecule has 1 aromatic carbocycles. The molecule has 0 unspecified atom stereocenters. The first-order chi connectivity index (χ1) is 15.0. The Morgan fingerprint density at radius 3 is 2.77 bits per heavy atom. The van der Waals surface area contributed by atoms with Crippen LogP contribution in [0.25, 0.3) is 5.70 Å². The number of allylic oxidation sites excluding steroid dienone is 1. The summed E-state index contributed by atoms with van der Waals surface area (Å²) < 4.78 is 5.42. The Labute approximate surface area is 182 Å². The van der Waals surface area contributed by atoms with Gasteiger partial charge in [0.2, 0.25) is 0 Å². The van der Waals surface area contributed by atoms with E-state index in [1.165, 1.54) is 5.56 Å². The van der Waals surface area contributed by atoms with Gasteiger partial charge in [-0.25, -0.2) is 0 Å². The molecule has 0 aliphatic heterocycles. The summed E-state index contributed by atoms with van der Waals surface area (Å²) >= 11 is 0. The fraction of sp³-hybridized carbons (Fsp3) is 0.480. The van der Waals surface area contributed by atoms with Gasteiger partial charge in [-0.2, -0.15) is 0 Å². The molecule has 2 saturated carbocycles. The van der Waals surface area contributed by atoms with Crippen molar-refractivity contribution in [3.8, 4) is 11.5 Å². The Morgan fingerprint density at radius 1 is 1.19 bits per heavy atom. The van der Waals surface area contributed by atoms with E-state index in [1.807, 2.05) is 18.2 Å². The topological polar surface area (TPSA) is 83.8 Å². The number of pyridine rings is 1. The number of phenols is 1. The van der Waals surface area contributed by atoms with Crippen LogP contribution in [-0.4, -0.2) is 28.4 Å². The Balaban J connectivity index is 1.49. The van der Waals surface area contributed by atoms with Crippen molar-refractivity contribution in [3.05, 3.63) is 59.4 Å². The molecule has 2 fully saturated rings. The molecule has 6 heteroatoms. The van der Waals surface area contributed by atoms with Crippen LogP contribution in [0.15, 0.2) is 42.7 Å². The molecule has 0 spiro atoms. The van der Waals surface area contributed by atoms with Crippen molar-refractivity contribution >= 4 is 5.70 Å². The Bertz CT molecular complexity index is 993. The highest BCUT2D eigenvalue weighted by molar-refractivity contribution is 5.72. The van der Waals surface area contributed by atoms with Crippen LogP contribution in [-0.2, 0) is 11.4 Å². The number of hydrogen-bond donors (Lipinski definition) is 3. The van der Waals surface area contributed by atoms with E-state index in [4.69, 9.17) is 9.57 Å². The second kappa shape index (κ2) is 7.84. The highest BCUT2D eigenvalue weighted by Gasteiger charge is 2.54. The summed E-state index contributed by atoms with van der Waals surface area (Å²) in [6.07, 6.45) is 9.45. The van der Waals surface area contributed by atoms with E-state index < -0.39 is 0 Å². The van der Waals surface area contributed by atoms with Crippen molar-refractivity contribution in [1.82, 2.24) is 10.5 Å². The van der Waals surface area contributed by atoms with Crippen molar-refractivity contribution < 1.29 is 19.8 Å². The molecule has 3 N–H and O–H groups in total. The van der Waals surface area contributed by atoms with Gasteiger partial charge in [-0.3, -0.25) is 15.3 Å². The minimum Gasteiger partial charge on any atom is -0.504 e. The molecule has 5 rings (SSSR count). The fourth-order valence-corrected chi connectivity index (χ4v) is 6.10. The lowest BCUT2D eigenvalue weighted by molar-refractivity contribution is -0.00877. The summed E-state index contributed by atoms with van der Waals surface area (Å²) in [5.74, 6) is 1.70. The largest absolute Gasteiger partial charge is 0.504 e. The van der Waals surface area contributed by atoms with Gasteiger partial charge in [0.25, 0.3) is 0 Å². The molecule has 3 aliphatic rings. The molecule has 0 bridgehead atoms. The van der Waals surface area contributed by atoms with Crippen LogP contribution in [0.1, 0.15) is 55.2 Å². The smallest absolute Gasteiger partial charge is 0.160 e. The quantitative estimate of drug-likeness (QED) is 0.628. The number of nitrogens with zero attached hydrogens (tertiary/aromatic N) is 1. The van der Waals surface area contributed by atoms with Crippen molar-refractivity contribution in [3.63, 3.8) is 0 Å². The van der Waals surface area contributed by atoms with Crippen LogP contribution in [0.4, 0.5) is 0 Å². The van der Waals surface area contributed by atoms with Crippen LogP contribution < -0.4 is 10.2 Å². The van der Waals surface area contributed by atoms with Crippen LogP contribution in [0.5, 0.6) is 11.5 Å². The Morgan fingerprint density at radius 2 is 2.00 bits per heavy atom. The van der Waals surface area contributed by atoms with E-state index in [1.54, 1.807) is 25.6 Å². The number of aromatic hydroxyl groups is 1. The van der Waals surface area contributed by atoms with Gasteiger partial charge in [0.15, 0.2) is 11.5 Å². The molecule has 1 heterocycles. The molecule has 164 valence electrons. The van der Waals surface area contributed by atoms with Gasteiger partial charge in [0, 0.05) is 18.0 Å². The summed E-state index contributed by atoms with van der Waals surface area (Å²) in [6, 6.07) is 7.60. The zero-order chi connectivity index (χ0) is 21.6. The molecule has 3 aliphatic carbocycles. The third-order valence-corrected chi connectivity index (χ3v) is 7.85. The van der Waals surface area contributed by atoms with Crippen LogP contribution in [0.3, 0.4) is 0 Å². The zero-order valence-electron chi connectivity index (χ0n) is 18.0. The average Bonchev–Trinajstić information content (AvgIpc) is 3.09. The molecule has 5 atom stereocenters. The van der Waals surface area contributed by atoms with Gasteiger partial charge < -0.3 is 14.9 Å². The maximum absolute atomic E-state index is 10.7. The number of methoxy groups -OCH3 is 1. The van der Waals surface area contributed by atoms with E-state index in [0.717, 1.165) is 42.5 Å². The highest BCUT2D eigenvalue weighted by atomic mass is 16.6. The SMILES string of the molecule is COc1cc2c(cc1O)C(NOCc1ccncc1)=C[C@@H]1[C@@H]2CC[C@]2(C)[C@H](O)CC[C@@H]12. The third kappa shape index (κ3) is 3.38. The van der Waals surface area contributed by atoms with Crippen LogP contribution in [0, 0.1) is 17.3 Å². The number of rotatable bonds is 5. The van der Waals surface area contributed by atoms with E-state index in [0.29, 0.717) is 30.1 Å². The van der Waals surface area contributed by atoms with Gasteiger partial charge in [0.05, 0.1) is 25.5 Å². The number of aliphatic hydroxyl groups excluding tert-OH is 1. The van der Waals surface area contributed by atoms with Crippen molar-refractivity contribution in [2.24, 2.45) is 17.3 Å². The summed E-state index contributed by atoms with van der Waals surface area (Å²) in [7, 11) is 1.58. The average molecular weight is 423 g/mol. The maximum Gasteiger partial charge on any atom is 0.160 e. The molecular weight excluding hydrogens is 392 g/mol. The molecule has 2 aromatic rings. The van der Waals surface area contributed by atoms with Crippen LogP contribution in [0.2, 0.25) is 0 Å². The fourth-order valence-electron chi connectivity index (χ4n) is 6.10. The van der Waals surface area contributed by atoms with Crippen molar-refractivity contribution in [2.45, 2.75) is 51.2 Å². The molecule has 6 nitrogen and oxygen atoms in total. The molecule has 0 radical (unpaired) electrons. The number of hydrogen-bond acceptors (Lipinski definition) is 6. The highest BCUT2D eigenvalue weighted by Crippen LogP contribution is 2.61. The molecule has 0 saturated heterocycles. The van der Waals surface area contributed by atoms with Gasteiger partial charge in [0.1, 0.15) is 0 Å². The summed E-state index contributed by atoms with van der Waals surface area (Å²) in [5, 5.41) is 21.2. The zero-order valence-corrected chi connectivity index (χ0v) is 18.0. The van der Waals surface area contributed by atoms with Crippen LogP contribution >= 0.6 is 0 Å². The van der Waals surface area contributed by atoms with E-state index in [9.17, 15) is 10.2 Å². The predicted octanol–water partition coefficient (Wildman–Crippen LogP) is 4.14. The first-order valence-corrected chi connectivity index (χ1v) is 11.1. The number of fused-ring (bicyclic) bond motifs is 5. The number of aliphatic hydroxyl groups is 1. The normalized spacial score (nSPS) is 31.3. The summed E-state index contributed by atoms with van der Waals surface area (Å²) in [6.45, 7) is 2.66. The van der Waals surface area contributed by atoms with E-state index in [-0.39, 0.29) is 17.3 Å². The Kier molecular flexibility index (Phi) is 5.15. The monoisotopic (exact) mass is 422 g/mol. The first kappa shape index (κ1) is 20.3. The minimum absolute atomic E-state index is 0.0425. The number of phenolic OH excluding ortho intramolecular Hbond substituents is 1. The number of hydroxylamine groups is 1. The Hall–Kier alpha value is -2.57. The number of ether oxygens (including phenoxy) is 1. The third-order valence-electron chi connectivity index (χ3n) is 7.85. The lowest BCUT2D eigenvalue weighted by atomic mass is 9.56. The second-order valence-corrected chi connectivity index (χ2v) is 9.37. The second-order valence-electron chi connectivity index (χ2n) is 9.37. The van der Waals surface area contributed by atoms with Crippen molar-refractivity contribution in [2.75, 3.05) is 7.11 Å². The molecular formula is C25H30N2O4. The number of benzene rings is 1. The van der Waals surface area contributed by atoms with Gasteiger partial charge in [-0.05, 0) is 84.2 Å². The minimum atomic E-state index is -0.234. The van der Waals surface area contributed by atoms with Gasteiger partial charge in [-0.15, -0.1) is 0 Å². The molecule has 31 heavy (non-hydrogen) atoms. The lowest BCUT2D eigenvalue weighted by Crippen LogP contribution is -2.43. The maximum atomic E-state index is 10.7. The summed E-state index contributed by atoms with van der Waals surface area (Å²) in [5.41, 5.74) is 7.14. The number of aromatic nitrogens is 1. The van der Waals surface area contributed by atoms with E-state index >= 15 is 0 Å². The predicted molar refractivity (Wildman–Crippen MR) is 117 cm³/mol.